The molecule has 0 heterocycles. The molecule has 1 amide bonds. The third-order valence-electron chi connectivity index (χ3n) is 2.41. The lowest BCUT2D eigenvalue weighted by molar-refractivity contribution is -0.116. The highest BCUT2D eigenvalue weighted by atomic mass is 35.5. The van der Waals surface area contributed by atoms with Crippen LogP contribution in [0.1, 0.15) is 24.8 Å². The number of carbonyl (C=O) groups excluding carboxylic acids is 1. The first-order chi connectivity index (χ1) is 8.72. The molecule has 0 spiro atoms. The summed E-state index contributed by atoms with van der Waals surface area (Å²) in [5.41, 5.74) is 0.901. The average Bonchev–Trinajstić information content (AvgIpc) is 2.36. The van der Waals surface area contributed by atoms with E-state index in [1.807, 2.05) is 12.1 Å². The van der Waals surface area contributed by atoms with Crippen molar-refractivity contribution >= 4 is 23.6 Å². The van der Waals surface area contributed by atoms with Gasteiger partial charge in [-0.25, -0.2) is 0 Å². The predicted molar refractivity (Wildman–Crippen MR) is 74.4 cm³/mol. The molecule has 4 heteroatoms. The summed E-state index contributed by atoms with van der Waals surface area (Å²) in [6.07, 6.45) is 5.83. The van der Waals surface area contributed by atoms with Gasteiger partial charge in [0.15, 0.2) is 0 Å². The van der Waals surface area contributed by atoms with E-state index < -0.39 is 0 Å². The van der Waals surface area contributed by atoms with Crippen LogP contribution in [0.15, 0.2) is 30.3 Å². The first kappa shape index (κ1) is 14.7. The molecule has 0 aliphatic heterocycles. The van der Waals surface area contributed by atoms with Crippen LogP contribution in [0.4, 0.5) is 0 Å². The molecule has 0 aliphatic rings. The summed E-state index contributed by atoms with van der Waals surface area (Å²) in [4.78, 5) is 11.5. The van der Waals surface area contributed by atoms with Gasteiger partial charge in [-0.05, 0) is 43.0 Å². The molecule has 3 nitrogen and oxygen atoms in total. The second-order valence-corrected chi connectivity index (χ2v) is 4.40. The van der Waals surface area contributed by atoms with Gasteiger partial charge in [0.2, 0.25) is 5.91 Å². The lowest BCUT2D eigenvalue weighted by atomic mass is 10.2. The number of aliphatic hydroxyl groups is 1. The van der Waals surface area contributed by atoms with E-state index in [-0.39, 0.29) is 12.5 Å². The normalized spacial score (nSPS) is 10.8. The van der Waals surface area contributed by atoms with Crippen LogP contribution in [0.2, 0.25) is 5.02 Å². The third kappa shape index (κ3) is 6.42. The van der Waals surface area contributed by atoms with Crippen LogP contribution in [-0.2, 0) is 4.79 Å². The molecule has 98 valence electrons. The number of carbonyl (C=O) groups is 1. The van der Waals surface area contributed by atoms with Crippen LogP contribution in [0.25, 0.3) is 6.08 Å². The Labute approximate surface area is 112 Å². The Morgan fingerprint density at radius 2 is 2.17 bits per heavy atom. The quantitative estimate of drug-likeness (QED) is 0.589. The van der Waals surface area contributed by atoms with Crippen molar-refractivity contribution in [2.75, 3.05) is 13.2 Å². The molecule has 0 aromatic heterocycles. The molecule has 1 rings (SSSR count). The first-order valence-corrected chi connectivity index (χ1v) is 6.42. The Balaban J connectivity index is 2.27. The number of aliphatic hydroxyl groups excluding tert-OH is 1. The largest absolute Gasteiger partial charge is 0.396 e. The molecule has 0 fully saturated rings. The number of nitrogens with one attached hydrogen (secondary N) is 1. The van der Waals surface area contributed by atoms with Crippen molar-refractivity contribution in [1.82, 2.24) is 5.32 Å². The standard InChI is InChI=1S/C14H18ClNO2/c15-13-6-4-5-12(11-13)7-8-14(18)16-9-2-1-3-10-17/h4-8,11,17H,1-3,9-10H2,(H,16,18)/b8-7+. The van der Waals surface area contributed by atoms with Gasteiger partial charge in [0, 0.05) is 24.3 Å². The van der Waals surface area contributed by atoms with Crippen molar-refractivity contribution in [2.45, 2.75) is 19.3 Å². The van der Waals surface area contributed by atoms with E-state index in [9.17, 15) is 4.79 Å². The van der Waals surface area contributed by atoms with Gasteiger partial charge < -0.3 is 10.4 Å². The SMILES string of the molecule is O=C(/C=C/c1cccc(Cl)c1)NCCCCCO. The fourth-order valence-electron chi connectivity index (χ4n) is 1.47. The van der Waals surface area contributed by atoms with E-state index in [2.05, 4.69) is 5.32 Å². The Morgan fingerprint density at radius 1 is 1.33 bits per heavy atom. The van der Waals surface area contributed by atoms with Crippen molar-refractivity contribution in [3.63, 3.8) is 0 Å². The van der Waals surface area contributed by atoms with Crippen molar-refractivity contribution < 1.29 is 9.90 Å². The minimum Gasteiger partial charge on any atom is -0.396 e. The van der Waals surface area contributed by atoms with Crippen molar-refractivity contribution in [3.05, 3.63) is 40.9 Å². The Hall–Kier alpha value is -1.32. The minimum absolute atomic E-state index is 0.112. The molecule has 1 aromatic rings. The first-order valence-electron chi connectivity index (χ1n) is 6.04. The van der Waals surface area contributed by atoms with Crippen molar-refractivity contribution in [2.24, 2.45) is 0 Å². The number of amides is 1. The molecule has 0 atom stereocenters. The summed E-state index contributed by atoms with van der Waals surface area (Å²) in [5, 5.41) is 12.0. The van der Waals surface area contributed by atoms with Crippen molar-refractivity contribution in [3.8, 4) is 0 Å². The molecular weight excluding hydrogens is 250 g/mol. The maximum atomic E-state index is 11.5. The predicted octanol–water partition coefficient (Wildman–Crippen LogP) is 2.63. The van der Waals surface area contributed by atoms with Gasteiger partial charge in [-0.3, -0.25) is 4.79 Å². The van der Waals surface area contributed by atoms with Gasteiger partial charge in [-0.2, -0.15) is 0 Å². The van der Waals surface area contributed by atoms with Crippen molar-refractivity contribution in [1.29, 1.82) is 0 Å². The summed E-state index contributed by atoms with van der Waals surface area (Å²) in [6, 6.07) is 7.32. The molecule has 0 aliphatic carbocycles. The molecule has 0 unspecified atom stereocenters. The summed E-state index contributed by atoms with van der Waals surface area (Å²) >= 11 is 5.84. The van der Waals surface area contributed by atoms with Crippen LogP contribution in [0.5, 0.6) is 0 Å². The lowest BCUT2D eigenvalue weighted by Gasteiger charge is -2.01. The van der Waals surface area contributed by atoms with Crippen LogP contribution in [0, 0.1) is 0 Å². The van der Waals surface area contributed by atoms with Gasteiger partial charge in [0.25, 0.3) is 0 Å². The average molecular weight is 268 g/mol. The highest BCUT2D eigenvalue weighted by Crippen LogP contribution is 2.11. The molecule has 1 aromatic carbocycles. The molecule has 18 heavy (non-hydrogen) atoms. The van der Waals surface area contributed by atoms with E-state index in [0.29, 0.717) is 11.6 Å². The van der Waals surface area contributed by atoms with Gasteiger partial charge >= 0.3 is 0 Å². The summed E-state index contributed by atoms with van der Waals surface area (Å²) in [6.45, 7) is 0.849. The smallest absolute Gasteiger partial charge is 0.243 e. The molecule has 2 N–H and O–H groups in total. The zero-order chi connectivity index (χ0) is 13.2. The second-order valence-electron chi connectivity index (χ2n) is 3.96. The Bertz CT molecular complexity index is 405. The molecular formula is C14H18ClNO2. The van der Waals surface area contributed by atoms with E-state index in [1.165, 1.54) is 6.08 Å². The highest BCUT2D eigenvalue weighted by molar-refractivity contribution is 6.30. The van der Waals surface area contributed by atoms with E-state index in [4.69, 9.17) is 16.7 Å². The third-order valence-corrected chi connectivity index (χ3v) is 2.65. The maximum absolute atomic E-state index is 11.5. The maximum Gasteiger partial charge on any atom is 0.243 e. The minimum atomic E-state index is -0.112. The van der Waals surface area contributed by atoms with Gasteiger partial charge in [-0.1, -0.05) is 23.7 Å². The monoisotopic (exact) mass is 267 g/mol. The van der Waals surface area contributed by atoms with Crippen LogP contribution in [0.3, 0.4) is 0 Å². The topological polar surface area (TPSA) is 49.3 Å². The van der Waals surface area contributed by atoms with Crippen LogP contribution < -0.4 is 5.32 Å². The molecule has 0 saturated heterocycles. The zero-order valence-electron chi connectivity index (χ0n) is 10.2. The number of unbranched alkanes of at least 4 members (excludes halogenated alkanes) is 2. The van der Waals surface area contributed by atoms with E-state index in [1.54, 1.807) is 18.2 Å². The number of hydrogen-bond acceptors (Lipinski definition) is 2. The molecule has 0 bridgehead atoms. The van der Waals surface area contributed by atoms with Crippen LogP contribution in [-0.4, -0.2) is 24.2 Å². The number of hydrogen-bond donors (Lipinski definition) is 2. The fraction of sp³-hybridized carbons (Fsp3) is 0.357. The fourth-order valence-corrected chi connectivity index (χ4v) is 1.66. The number of rotatable bonds is 7. The van der Waals surface area contributed by atoms with Crippen LogP contribution >= 0.6 is 11.6 Å². The second kappa shape index (κ2) is 8.72. The highest BCUT2D eigenvalue weighted by Gasteiger charge is 1.95. The number of halogens is 1. The number of benzene rings is 1. The van der Waals surface area contributed by atoms with E-state index in [0.717, 1.165) is 24.8 Å². The summed E-state index contributed by atoms with van der Waals surface area (Å²) < 4.78 is 0. The summed E-state index contributed by atoms with van der Waals surface area (Å²) in [5.74, 6) is -0.112. The lowest BCUT2D eigenvalue weighted by Crippen LogP contribution is -2.22. The van der Waals surface area contributed by atoms with E-state index >= 15 is 0 Å². The van der Waals surface area contributed by atoms with Gasteiger partial charge in [-0.15, -0.1) is 0 Å². The Morgan fingerprint density at radius 3 is 2.89 bits per heavy atom. The molecule has 0 saturated carbocycles. The van der Waals surface area contributed by atoms with Gasteiger partial charge in [0.1, 0.15) is 0 Å². The Kier molecular flexibility index (Phi) is 7.14. The molecule has 0 radical (unpaired) electrons. The zero-order valence-corrected chi connectivity index (χ0v) is 11.0. The summed E-state index contributed by atoms with van der Waals surface area (Å²) in [7, 11) is 0. The van der Waals surface area contributed by atoms with Gasteiger partial charge in [0.05, 0.1) is 0 Å².